The SMILES string of the molecule is C1COCCN1.Cc1ccnc2ccc(-c3cnc(N)nc3-c3ccc(F)cc3)cc12.Cc1ccnc2ccc(-c3cnc(NC(=O)N4CCOCC4)nc3-c3ccc(F)cc3)cc12.Cc1ccnc2ccc(B3OC(C)(C)C(C)(C)O3)cc12.Nc1ncc(Br)c(-c2ccc(F)cc2)n1. The number of rotatable bonds is 7. The van der Waals surface area contributed by atoms with Crippen molar-refractivity contribution in [2.45, 2.75) is 59.7 Å². The monoisotopic (exact) mass is 1400 g/mol. The predicted molar refractivity (Wildman–Crippen MR) is 387 cm³/mol. The van der Waals surface area contributed by atoms with E-state index in [2.05, 4.69) is 124 Å². The van der Waals surface area contributed by atoms with Gasteiger partial charge in [-0.25, -0.2) is 47.9 Å². The molecule has 3 saturated heterocycles. The average Bonchev–Trinajstić information content (AvgIpc) is 1.75. The lowest BCUT2D eigenvalue weighted by Gasteiger charge is -2.32. The second kappa shape index (κ2) is 31.5. The molecule has 6 aromatic carbocycles. The van der Waals surface area contributed by atoms with Crippen molar-refractivity contribution in [2.75, 3.05) is 69.4 Å². The number of halogens is 4. The summed E-state index contributed by atoms with van der Waals surface area (Å²) in [6, 6.07) is 42.2. The van der Waals surface area contributed by atoms with Gasteiger partial charge in [-0.1, -0.05) is 24.3 Å². The highest BCUT2D eigenvalue weighted by Crippen LogP contribution is 2.38. The number of hydrogen-bond donors (Lipinski definition) is 4. The molecule has 0 bridgehead atoms. The quantitative estimate of drug-likeness (QED) is 0.108. The molecular formula is C75H73BBrF3N14O5. The van der Waals surface area contributed by atoms with Gasteiger partial charge in [0.1, 0.15) is 17.5 Å². The molecule has 2 amide bonds. The Morgan fingerprint density at radius 3 is 1.37 bits per heavy atom. The van der Waals surface area contributed by atoms with E-state index in [1.807, 2.05) is 74.6 Å². The van der Waals surface area contributed by atoms with Gasteiger partial charge in [0, 0.05) is 107 Å². The number of pyridine rings is 3. The number of anilines is 3. The van der Waals surface area contributed by atoms with E-state index in [1.54, 1.807) is 72.3 Å². The van der Waals surface area contributed by atoms with Gasteiger partial charge >= 0.3 is 13.1 Å². The highest BCUT2D eigenvalue weighted by atomic mass is 79.9. The van der Waals surface area contributed by atoms with Gasteiger partial charge in [0.25, 0.3) is 0 Å². The molecule has 19 nitrogen and oxygen atoms in total. The fourth-order valence-electron chi connectivity index (χ4n) is 10.9. The maximum absolute atomic E-state index is 13.6. The Hall–Kier alpha value is -10.2. The third-order valence-electron chi connectivity index (χ3n) is 17.1. The van der Waals surface area contributed by atoms with E-state index in [-0.39, 0.29) is 59.6 Å². The van der Waals surface area contributed by atoms with Crippen LogP contribution in [0.4, 0.5) is 35.8 Å². The topological polar surface area (TPSA) is 249 Å². The van der Waals surface area contributed by atoms with Crippen molar-refractivity contribution in [1.82, 2.24) is 55.1 Å². The molecule has 3 fully saturated rings. The number of fused-ring (bicyclic) bond motifs is 3. The Labute approximate surface area is 580 Å². The lowest BCUT2D eigenvalue weighted by molar-refractivity contribution is 0.00578. The fourth-order valence-corrected chi connectivity index (χ4v) is 11.3. The van der Waals surface area contributed by atoms with E-state index < -0.39 is 0 Å². The molecule has 0 unspecified atom stereocenters. The summed E-state index contributed by atoms with van der Waals surface area (Å²) >= 11 is 3.31. The third kappa shape index (κ3) is 17.4. The zero-order chi connectivity index (χ0) is 69.8. The first-order valence-corrected chi connectivity index (χ1v) is 32.9. The maximum Gasteiger partial charge on any atom is 0.494 e. The van der Waals surface area contributed by atoms with Crippen molar-refractivity contribution in [1.29, 1.82) is 0 Å². The van der Waals surface area contributed by atoms with Gasteiger partial charge < -0.3 is 40.5 Å². The summed E-state index contributed by atoms with van der Waals surface area (Å²) in [5.41, 5.74) is 25.7. The minimum absolute atomic E-state index is 0.182. The number of amides is 2. The number of nitrogens with two attached hydrogens (primary N) is 2. The molecule has 3 aliphatic rings. The second-order valence-corrected chi connectivity index (χ2v) is 25.4. The lowest BCUT2D eigenvalue weighted by atomic mass is 9.78. The van der Waals surface area contributed by atoms with Crippen LogP contribution in [0.3, 0.4) is 0 Å². The molecule has 0 atom stereocenters. The van der Waals surface area contributed by atoms with Crippen LogP contribution in [0.2, 0.25) is 0 Å². The number of nitrogens with zero attached hydrogens (tertiary/aromatic N) is 10. The van der Waals surface area contributed by atoms with E-state index in [0.717, 1.165) is 119 Å². The smallest absolute Gasteiger partial charge is 0.399 e. The van der Waals surface area contributed by atoms with Crippen LogP contribution in [0, 0.1) is 38.2 Å². The van der Waals surface area contributed by atoms with Crippen LogP contribution in [0.15, 0.2) is 187 Å². The molecule has 504 valence electrons. The molecule has 3 aliphatic heterocycles. The summed E-state index contributed by atoms with van der Waals surface area (Å²) in [5, 5.41) is 9.19. The number of benzene rings is 6. The zero-order valence-corrected chi connectivity index (χ0v) is 57.3. The zero-order valence-electron chi connectivity index (χ0n) is 55.7. The van der Waals surface area contributed by atoms with Gasteiger partial charge in [-0.15, -0.1) is 0 Å². The standard InChI is InChI=1S/C25H22FN5O2.C20H15FN4.C16H20BNO2.C10H7BrFN3.C4H9NO/c1-16-8-9-27-22-7-4-18(14-20(16)22)21-15-28-24(30-25(32)31-10-12-33-13-11-31)29-23(21)17-2-5-19(26)6-3-17;1-12-8-9-23-18-7-4-14(10-16(12)18)17-11-24-20(22)25-19(17)13-2-5-15(21)6-3-13;1-11-8-9-18-14-7-6-12(10-13(11)14)17-19-15(2,3)16(4,5)20-17;11-8-5-14-10(13)15-9(8)6-1-3-7(12)4-2-6;1-3-6-4-2-5-1/h2-9,14-15H,10-13H2,1H3,(H,28,29,30,32);2-11H,1H3,(H2,22,24,25);6-10H,1-5H3;1-5H,(H2,13,14,15);5H,1-4H2. The number of hydrogen-bond acceptors (Lipinski definition) is 17. The van der Waals surface area contributed by atoms with E-state index in [4.69, 9.17) is 30.2 Å². The third-order valence-corrected chi connectivity index (χ3v) is 17.7. The van der Waals surface area contributed by atoms with E-state index in [9.17, 15) is 18.0 Å². The molecule has 24 heteroatoms. The molecule has 6 aromatic heterocycles. The van der Waals surface area contributed by atoms with Gasteiger partial charge in [-0.3, -0.25) is 20.3 Å². The van der Waals surface area contributed by atoms with Crippen molar-refractivity contribution < 1.29 is 36.7 Å². The van der Waals surface area contributed by atoms with E-state index in [1.165, 1.54) is 42.0 Å². The molecule has 12 aromatic rings. The van der Waals surface area contributed by atoms with Crippen LogP contribution in [0.25, 0.3) is 88.7 Å². The Kier molecular flexibility index (Phi) is 22.3. The molecule has 0 spiro atoms. The van der Waals surface area contributed by atoms with Gasteiger partial charge in [0.05, 0.1) is 75.7 Å². The number of ether oxygens (including phenoxy) is 2. The highest BCUT2D eigenvalue weighted by molar-refractivity contribution is 9.10. The summed E-state index contributed by atoms with van der Waals surface area (Å²) in [7, 11) is -0.316. The summed E-state index contributed by atoms with van der Waals surface area (Å²) < 4.78 is 62.8. The first kappa shape index (κ1) is 70.1. The molecular weight excluding hydrogens is 1320 g/mol. The van der Waals surface area contributed by atoms with Gasteiger partial charge in [-0.2, -0.15) is 0 Å². The number of urea groups is 1. The number of nitrogens with one attached hydrogen (secondary N) is 2. The van der Waals surface area contributed by atoms with E-state index >= 15 is 0 Å². The molecule has 15 rings (SSSR count). The summed E-state index contributed by atoms with van der Waals surface area (Å²) in [4.78, 5) is 53.0. The number of morpholine rings is 2. The molecule has 0 aliphatic carbocycles. The Morgan fingerprint density at radius 2 is 0.909 bits per heavy atom. The molecule has 0 radical (unpaired) electrons. The maximum atomic E-state index is 13.6. The average molecular weight is 1400 g/mol. The van der Waals surface area contributed by atoms with Crippen LogP contribution < -0.4 is 27.6 Å². The summed E-state index contributed by atoms with van der Waals surface area (Å²) in [6.07, 6.45) is 10.4. The van der Waals surface area contributed by atoms with Crippen LogP contribution in [0.1, 0.15) is 44.4 Å². The summed E-state index contributed by atoms with van der Waals surface area (Å²) in [5.74, 6) is -0.341. The molecule has 6 N–H and O–H groups in total. The first-order chi connectivity index (χ1) is 47.7. The molecule has 9 heterocycles. The van der Waals surface area contributed by atoms with Crippen LogP contribution >= 0.6 is 15.9 Å². The fraction of sp³-hybridized carbons (Fsp3) is 0.227. The Bertz CT molecular complexity index is 4800. The van der Waals surface area contributed by atoms with Crippen LogP contribution in [0.5, 0.6) is 0 Å². The minimum Gasteiger partial charge on any atom is -0.399 e. The Morgan fingerprint density at radius 1 is 0.505 bits per heavy atom. The number of carbonyl (C=O) groups is 1. The number of aromatic nitrogens is 9. The van der Waals surface area contributed by atoms with Crippen LogP contribution in [-0.4, -0.2) is 127 Å². The second-order valence-electron chi connectivity index (χ2n) is 24.5. The molecule has 0 saturated carbocycles. The highest BCUT2D eigenvalue weighted by Gasteiger charge is 2.51. The van der Waals surface area contributed by atoms with Gasteiger partial charge in [0.2, 0.25) is 17.8 Å². The van der Waals surface area contributed by atoms with E-state index in [0.29, 0.717) is 43.4 Å². The number of aryl methyl sites for hydroxylation is 3. The first-order valence-electron chi connectivity index (χ1n) is 32.1. The predicted octanol–water partition coefficient (Wildman–Crippen LogP) is 14.1. The van der Waals surface area contributed by atoms with Crippen LogP contribution in [-0.2, 0) is 18.8 Å². The normalized spacial score (nSPS) is 14.5. The van der Waals surface area contributed by atoms with Gasteiger partial charge in [0.15, 0.2) is 0 Å². The molecule has 99 heavy (non-hydrogen) atoms. The van der Waals surface area contributed by atoms with Crippen molar-refractivity contribution in [3.05, 3.63) is 221 Å². The number of nitrogen functional groups attached to an aromatic ring is 2. The van der Waals surface area contributed by atoms with Crippen molar-refractivity contribution in [3.8, 4) is 56.0 Å². The minimum atomic E-state index is -0.331. The van der Waals surface area contributed by atoms with Gasteiger partial charge in [-0.05, 0) is 219 Å². The van der Waals surface area contributed by atoms with Crippen molar-refractivity contribution in [2.24, 2.45) is 0 Å². The van der Waals surface area contributed by atoms with Crippen molar-refractivity contribution in [3.63, 3.8) is 0 Å². The van der Waals surface area contributed by atoms with Crippen molar-refractivity contribution >= 4 is 85.1 Å². The summed E-state index contributed by atoms with van der Waals surface area (Å²) in [6.45, 7) is 20.3. The largest absolute Gasteiger partial charge is 0.494 e. The number of carbonyl (C=O) groups excluding carboxylic acids is 1. The Balaban J connectivity index is 0.000000134. The lowest BCUT2D eigenvalue weighted by Crippen LogP contribution is -2.43.